The quantitative estimate of drug-likeness (QED) is 0.815. The molecule has 0 spiro atoms. The highest BCUT2D eigenvalue weighted by molar-refractivity contribution is 6.30. The van der Waals surface area contributed by atoms with E-state index in [2.05, 4.69) is 10.3 Å². The lowest BCUT2D eigenvalue weighted by Gasteiger charge is -2.15. The van der Waals surface area contributed by atoms with Crippen molar-refractivity contribution in [2.24, 2.45) is 0 Å². The van der Waals surface area contributed by atoms with Crippen molar-refractivity contribution in [3.05, 3.63) is 29.0 Å². The molecule has 2 rings (SSSR count). The molecular weight excluding hydrogens is 220 g/mol. The zero-order valence-corrected chi connectivity index (χ0v) is 10.3. The number of nitrogens with one attached hydrogen (secondary N) is 1. The monoisotopic (exact) mass is 238 g/mol. The van der Waals surface area contributed by atoms with Crippen molar-refractivity contribution in [3.8, 4) is 0 Å². The molecule has 1 N–H and O–H groups in total. The van der Waals surface area contributed by atoms with E-state index >= 15 is 0 Å². The number of hydrogen-bond acceptors (Lipinski definition) is 2. The van der Waals surface area contributed by atoms with Crippen molar-refractivity contribution in [1.29, 1.82) is 0 Å². The Labute approximate surface area is 102 Å². The molecule has 0 aliphatic heterocycles. The number of aromatic nitrogens is 1. The van der Waals surface area contributed by atoms with Gasteiger partial charge in [0.2, 0.25) is 0 Å². The van der Waals surface area contributed by atoms with E-state index in [1.165, 1.54) is 38.5 Å². The summed E-state index contributed by atoms with van der Waals surface area (Å²) in [7, 11) is 0. The number of nitrogens with zero attached hydrogens (tertiary/aromatic N) is 1. The van der Waals surface area contributed by atoms with Gasteiger partial charge in [-0.05, 0) is 25.0 Å². The van der Waals surface area contributed by atoms with E-state index in [-0.39, 0.29) is 0 Å². The van der Waals surface area contributed by atoms with Gasteiger partial charge in [-0.1, -0.05) is 37.3 Å². The first-order chi connectivity index (χ1) is 7.84. The Morgan fingerprint density at radius 2 is 1.94 bits per heavy atom. The Bertz CT molecular complexity index is 302. The fourth-order valence-electron chi connectivity index (χ4n) is 2.24. The molecule has 2 nitrogen and oxygen atoms in total. The highest BCUT2D eigenvalue weighted by Gasteiger charge is 2.11. The van der Waals surface area contributed by atoms with Gasteiger partial charge in [0.25, 0.3) is 0 Å². The summed E-state index contributed by atoms with van der Waals surface area (Å²) >= 11 is 5.80. The molecule has 1 aromatic heterocycles. The van der Waals surface area contributed by atoms with Gasteiger partial charge in [0.15, 0.2) is 0 Å². The van der Waals surface area contributed by atoms with Crippen LogP contribution in [0.5, 0.6) is 0 Å². The van der Waals surface area contributed by atoms with E-state index in [0.29, 0.717) is 11.1 Å². The molecule has 0 unspecified atom stereocenters. The molecule has 1 aliphatic carbocycles. The second-order valence-electron chi connectivity index (χ2n) is 4.54. The van der Waals surface area contributed by atoms with Crippen molar-refractivity contribution in [2.75, 3.05) is 0 Å². The second kappa shape index (κ2) is 6.21. The average molecular weight is 239 g/mol. The van der Waals surface area contributed by atoms with Crippen molar-refractivity contribution >= 4 is 11.6 Å². The highest BCUT2D eigenvalue weighted by Crippen LogP contribution is 2.17. The third-order valence-electron chi connectivity index (χ3n) is 3.22. The Morgan fingerprint density at radius 1 is 1.19 bits per heavy atom. The van der Waals surface area contributed by atoms with Gasteiger partial charge in [0.1, 0.15) is 0 Å². The molecule has 0 bridgehead atoms. The van der Waals surface area contributed by atoms with E-state index in [9.17, 15) is 0 Å². The normalized spacial score (nSPS) is 18.3. The van der Waals surface area contributed by atoms with Gasteiger partial charge in [-0.15, -0.1) is 0 Å². The topological polar surface area (TPSA) is 24.9 Å². The zero-order valence-electron chi connectivity index (χ0n) is 9.58. The van der Waals surface area contributed by atoms with Crippen LogP contribution in [0.15, 0.2) is 18.3 Å². The van der Waals surface area contributed by atoms with E-state index in [1.807, 2.05) is 12.1 Å². The van der Waals surface area contributed by atoms with Crippen LogP contribution in [0.4, 0.5) is 0 Å². The van der Waals surface area contributed by atoms with Crippen LogP contribution in [0, 0.1) is 0 Å². The Hall–Kier alpha value is -0.600. The third-order valence-corrected chi connectivity index (χ3v) is 3.44. The van der Waals surface area contributed by atoms with E-state index in [0.717, 1.165) is 12.2 Å². The summed E-state index contributed by atoms with van der Waals surface area (Å²) in [6, 6.07) is 4.57. The van der Waals surface area contributed by atoms with Crippen LogP contribution >= 0.6 is 11.6 Å². The Balaban J connectivity index is 1.79. The van der Waals surface area contributed by atoms with Gasteiger partial charge in [0.05, 0.1) is 10.7 Å². The zero-order chi connectivity index (χ0) is 11.2. The smallest absolute Gasteiger partial charge is 0.0589 e. The standard InChI is InChI=1S/C13H19ClN2/c14-11-7-8-13(15-9-11)10-16-12-5-3-1-2-4-6-12/h7-9,12,16H,1-6,10H2. The summed E-state index contributed by atoms with van der Waals surface area (Å²) in [6.45, 7) is 0.863. The second-order valence-corrected chi connectivity index (χ2v) is 4.97. The first-order valence-corrected chi connectivity index (χ1v) is 6.56. The van der Waals surface area contributed by atoms with E-state index in [1.54, 1.807) is 6.20 Å². The molecular formula is C13H19ClN2. The van der Waals surface area contributed by atoms with E-state index < -0.39 is 0 Å². The maximum absolute atomic E-state index is 5.80. The summed E-state index contributed by atoms with van der Waals surface area (Å²) in [6.07, 6.45) is 9.87. The molecule has 1 aromatic rings. The summed E-state index contributed by atoms with van der Waals surface area (Å²) < 4.78 is 0. The van der Waals surface area contributed by atoms with Gasteiger partial charge in [-0.2, -0.15) is 0 Å². The number of pyridine rings is 1. The molecule has 1 heterocycles. The average Bonchev–Trinajstić information content (AvgIpc) is 2.57. The largest absolute Gasteiger partial charge is 0.308 e. The third kappa shape index (κ3) is 3.76. The molecule has 0 saturated heterocycles. The molecule has 1 fully saturated rings. The fraction of sp³-hybridized carbons (Fsp3) is 0.615. The van der Waals surface area contributed by atoms with Gasteiger partial charge in [-0.3, -0.25) is 4.98 Å². The lowest BCUT2D eigenvalue weighted by atomic mass is 10.1. The summed E-state index contributed by atoms with van der Waals surface area (Å²) in [5.74, 6) is 0. The lowest BCUT2D eigenvalue weighted by molar-refractivity contribution is 0.456. The first kappa shape index (κ1) is 11.9. The van der Waals surface area contributed by atoms with Crippen LogP contribution < -0.4 is 5.32 Å². The predicted molar refractivity (Wildman–Crippen MR) is 67.6 cm³/mol. The molecule has 1 aliphatic rings. The van der Waals surface area contributed by atoms with Crippen molar-refractivity contribution in [1.82, 2.24) is 10.3 Å². The van der Waals surface area contributed by atoms with Gasteiger partial charge in [0, 0.05) is 18.8 Å². The molecule has 1 saturated carbocycles. The predicted octanol–water partition coefficient (Wildman–Crippen LogP) is 3.55. The fourth-order valence-corrected chi connectivity index (χ4v) is 2.36. The minimum atomic E-state index is 0.681. The van der Waals surface area contributed by atoms with Crippen LogP contribution in [0.25, 0.3) is 0 Å². The minimum Gasteiger partial charge on any atom is -0.308 e. The van der Waals surface area contributed by atoms with Crippen LogP contribution in [0.2, 0.25) is 5.02 Å². The van der Waals surface area contributed by atoms with Crippen molar-refractivity contribution < 1.29 is 0 Å². The van der Waals surface area contributed by atoms with Gasteiger partial charge < -0.3 is 5.32 Å². The van der Waals surface area contributed by atoms with Crippen molar-refractivity contribution in [3.63, 3.8) is 0 Å². The summed E-state index contributed by atoms with van der Waals surface area (Å²) in [5.41, 5.74) is 1.08. The first-order valence-electron chi connectivity index (χ1n) is 6.18. The Morgan fingerprint density at radius 3 is 2.56 bits per heavy atom. The molecule has 16 heavy (non-hydrogen) atoms. The van der Waals surface area contributed by atoms with Crippen LogP contribution in [0.1, 0.15) is 44.2 Å². The van der Waals surface area contributed by atoms with Gasteiger partial charge in [-0.25, -0.2) is 0 Å². The highest BCUT2D eigenvalue weighted by atomic mass is 35.5. The molecule has 0 amide bonds. The van der Waals surface area contributed by atoms with Crippen LogP contribution in [-0.2, 0) is 6.54 Å². The maximum Gasteiger partial charge on any atom is 0.0589 e. The van der Waals surface area contributed by atoms with Crippen molar-refractivity contribution in [2.45, 2.75) is 51.1 Å². The summed E-state index contributed by atoms with van der Waals surface area (Å²) in [5, 5.41) is 4.30. The molecule has 0 radical (unpaired) electrons. The summed E-state index contributed by atoms with van der Waals surface area (Å²) in [4.78, 5) is 4.29. The molecule has 0 aromatic carbocycles. The molecule has 3 heteroatoms. The van der Waals surface area contributed by atoms with Crippen LogP contribution in [0.3, 0.4) is 0 Å². The lowest BCUT2D eigenvalue weighted by Crippen LogP contribution is -2.28. The van der Waals surface area contributed by atoms with Crippen LogP contribution in [-0.4, -0.2) is 11.0 Å². The van der Waals surface area contributed by atoms with E-state index in [4.69, 9.17) is 11.6 Å². The molecule has 88 valence electrons. The maximum atomic E-state index is 5.80. The number of halogens is 1. The number of hydrogen-bond donors (Lipinski definition) is 1. The van der Waals surface area contributed by atoms with Gasteiger partial charge >= 0.3 is 0 Å². The number of rotatable bonds is 3. The molecule has 0 atom stereocenters. The Kier molecular flexibility index (Phi) is 4.61. The SMILES string of the molecule is Clc1ccc(CNC2CCCCCC2)nc1. The minimum absolute atomic E-state index is 0.681.